The van der Waals surface area contributed by atoms with Crippen molar-refractivity contribution in [2.75, 3.05) is 11.9 Å². The van der Waals surface area contributed by atoms with Crippen LogP contribution in [0.2, 0.25) is 0 Å². The zero-order chi connectivity index (χ0) is 14.4. The molecule has 0 saturated heterocycles. The van der Waals surface area contributed by atoms with Crippen LogP contribution in [0.15, 0.2) is 12.4 Å². The number of hydrogen-bond acceptors (Lipinski definition) is 6. The molecule has 0 aromatic carbocycles. The molecule has 0 saturated carbocycles. The molecule has 0 aliphatic rings. The van der Waals surface area contributed by atoms with Gasteiger partial charge in [-0.15, -0.1) is 10.2 Å². The van der Waals surface area contributed by atoms with Crippen LogP contribution in [-0.4, -0.2) is 32.3 Å². The number of aromatic nitrogens is 4. The SMILES string of the molecule is CCOCc1nnc(NC(=O)Cn2ccnc2CC)s1. The van der Waals surface area contributed by atoms with Gasteiger partial charge in [-0.05, 0) is 6.92 Å². The smallest absolute Gasteiger partial charge is 0.246 e. The number of imidazole rings is 1. The van der Waals surface area contributed by atoms with Crippen LogP contribution < -0.4 is 5.32 Å². The number of nitrogens with one attached hydrogen (secondary N) is 1. The molecule has 0 unspecified atom stereocenters. The van der Waals surface area contributed by atoms with Gasteiger partial charge in [0, 0.05) is 25.4 Å². The van der Waals surface area contributed by atoms with Gasteiger partial charge in [0.15, 0.2) is 0 Å². The number of carbonyl (C=O) groups is 1. The molecule has 1 amide bonds. The van der Waals surface area contributed by atoms with E-state index >= 15 is 0 Å². The summed E-state index contributed by atoms with van der Waals surface area (Å²) in [4.78, 5) is 16.1. The molecule has 0 aliphatic carbocycles. The third-order valence-corrected chi connectivity index (χ3v) is 3.39. The number of anilines is 1. The first-order valence-corrected chi connectivity index (χ1v) is 7.24. The molecule has 0 bridgehead atoms. The van der Waals surface area contributed by atoms with Gasteiger partial charge >= 0.3 is 0 Å². The molecule has 2 heterocycles. The number of nitrogens with zero attached hydrogens (tertiary/aromatic N) is 4. The van der Waals surface area contributed by atoms with Gasteiger partial charge in [0.25, 0.3) is 0 Å². The summed E-state index contributed by atoms with van der Waals surface area (Å²) in [6.07, 6.45) is 4.27. The molecule has 20 heavy (non-hydrogen) atoms. The maximum atomic E-state index is 11.9. The van der Waals surface area contributed by atoms with Crippen molar-refractivity contribution in [1.82, 2.24) is 19.7 Å². The third-order valence-electron chi connectivity index (χ3n) is 2.57. The molecule has 0 radical (unpaired) electrons. The summed E-state index contributed by atoms with van der Waals surface area (Å²) in [6.45, 7) is 5.19. The maximum Gasteiger partial charge on any atom is 0.246 e. The summed E-state index contributed by atoms with van der Waals surface area (Å²) in [6, 6.07) is 0. The molecule has 108 valence electrons. The first-order valence-electron chi connectivity index (χ1n) is 6.42. The Morgan fingerprint density at radius 3 is 3.05 bits per heavy atom. The summed E-state index contributed by atoms with van der Waals surface area (Å²) in [7, 11) is 0. The fraction of sp³-hybridized carbons (Fsp3) is 0.500. The Labute approximate surface area is 121 Å². The van der Waals surface area contributed by atoms with Crippen LogP contribution in [0.4, 0.5) is 5.13 Å². The van der Waals surface area contributed by atoms with Gasteiger partial charge < -0.3 is 9.30 Å². The Morgan fingerprint density at radius 1 is 1.45 bits per heavy atom. The fourth-order valence-corrected chi connectivity index (χ4v) is 2.36. The van der Waals surface area contributed by atoms with Gasteiger partial charge in [0.2, 0.25) is 11.0 Å². The molecular weight excluding hydrogens is 278 g/mol. The highest BCUT2D eigenvalue weighted by Gasteiger charge is 2.10. The van der Waals surface area contributed by atoms with E-state index in [1.165, 1.54) is 11.3 Å². The van der Waals surface area contributed by atoms with Crippen LogP contribution in [-0.2, 0) is 29.1 Å². The topological polar surface area (TPSA) is 81.9 Å². The minimum Gasteiger partial charge on any atom is -0.374 e. The summed E-state index contributed by atoms with van der Waals surface area (Å²) >= 11 is 1.32. The van der Waals surface area contributed by atoms with E-state index in [2.05, 4.69) is 20.5 Å². The maximum absolute atomic E-state index is 11.9. The number of aryl methyl sites for hydroxylation is 1. The molecule has 0 atom stereocenters. The highest BCUT2D eigenvalue weighted by molar-refractivity contribution is 7.15. The molecule has 7 nitrogen and oxygen atoms in total. The molecule has 8 heteroatoms. The lowest BCUT2D eigenvalue weighted by Crippen LogP contribution is -2.19. The van der Waals surface area contributed by atoms with Crippen LogP contribution in [0.3, 0.4) is 0 Å². The van der Waals surface area contributed by atoms with Crippen molar-refractivity contribution in [3.05, 3.63) is 23.2 Å². The predicted octanol–water partition coefficient (Wildman–Crippen LogP) is 1.47. The standard InChI is InChI=1S/C12H17N5O2S/c1-3-9-13-5-6-17(9)7-10(18)14-12-16-15-11(20-12)8-19-4-2/h5-6H,3-4,7-8H2,1-2H3,(H,14,16,18). The lowest BCUT2D eigenvalue weighted by molar-refractivity contribution is -0.116. The van der Waals surface area contributed by atoms with Crippen LogP contribution in [0, 0.1) is 0 Å². The summed E-state index contributed by atoms with van der Waals surface area (Å²) in [5.41, 5.74) is 0. The Hall–Kier alpha value is -1.80. The Morgan fingerprint density at radius 2 is 2.30 bits per heavy atom. The Bertz CT molecular complexity index is 566. The predicted molar refractivity (Wildman–Crippen MR) is 75.5 cm³/mol. The van der Waals surface area contributed by atoms with Gasteiger partial charge in [0.1, 0.15) is 24.0 Å². The number of amides is 1. The number of ether oxygens (including phenoxy) is 1. The Balaban J connectivity index is 1.89. The van der Waals surface area contributed by atoms with Gasteiger partial charge in [-0.3, -0.25) is 10.1 Å². The van der Waals surface area contributed by atoms with E-state index in [-0.39, 0.29) is 12.5 Å². The van der Waals surface area contributed by atoms with Crippen molar-refractivity contribution >= 4 is 22.4 Å². The van der Waals surface area contributed by atoms with E-state index in [0.717, 1.165) is 17.3 Å². The van der Waals surface area contributed by atoms with Crippen molar-refractivity contribution < 1.29 is 9.53 Å². The van der Waals surface area contributed by atoms with Crippen molar-refractivity contribution in [2.45, 2.75) is 33.4 Å². The molecule has 0 spiro atoms. The third kappa shape index (κ3) is 3.84. The molecule has 2 aromatic rings. The van der Waals surface area contributed by atoms with E-state index in [4.69, 9.17) is 4.74 Å². The van der Waals surface area contributed by atoms with Crippen LogP contribution in [0.1, 0.15) is 24.7 Å². The van der Waals surface area contributed by atoms with Gasteiger partial charge in [-0.2, -0.15) is 0 Å². The molecule has 0 fully saturated rings. The fourth-order valence-electron chi connectivity index (χ4n) is 1.66. The van der Waals surface area contributed by atoms with E-state index < -0.39 is 0 Å². The van der Waals surface area contributed by atoms with Crippen molar-refractivity contribution in [2.24, 2.45) is 0 Å². The second-order valence-corrected chi connectivity index (χ2v) is 5.07. The van der Waals surface area contributed by atoms with E-state index in [9.17, 15) is 4.79 Å². The van der Waals surface area contributed by atoms with E-state index in [1.807, 2.05) is 18.4 Å². The highest BCUT2D eigenvalue weighted by Crippen LogP contribution is 2.16. The molecule has 0 aliphatic heterocycles. The molecule has 2 rings (SSSR count). The van der Waals surface area contributed by atoms with Crippen molar-refractivity contribution in [3.8, 4) is 0 Å². The summed E-state index contributed by atoms with van der Waals surface area (Å²) < 4.78 is 7.05. The lowest BCUT2D eigenvalue weighted by atomic mass is 10.4. The van der Waals surface area contributed by atoms with Crippen LogP contribution in [0.25, 0.3) is 0 Å². The van der Waals surface area contributed by atoms with Crippen LogP contribution in [0.5, 0.6) is 0 Å². The average molecular weight is 295 g/mol. The first kappa shape index (κ1) is 14.6. The van der Waals surface area contributed by atoms with Crippen molar-refractivity contribution in [3.63, 3.8) is 0 Å². The van der Waals surface area contributed by atoms with Gasteiger partial charge in [-0.25, -0.2) is 4.98 Å². The largest absolute Gasteiger partial charge is 0.374 e. The summed E-state index contributed by atoms with van der Waals surface area (Å²) in [5.74, 6) is 0.742. The first-order chi connectivity index (χ1) is 9.72. The summed E-state index contributed by atoms with van der Waals surface area (Å²) in [5, 5.41) is 11.8. The molecular formula is C12H17N5O2S. The quantitative estimate of drug-likeness (QED) is 0.836. The van der Waals surface area contributed by atoms with Gasteiger partial charge in [-0.1, -0.05) is 18.3 Å². The number of rotatable bonds is 7. The molecule has 2 aromatic heterocycles. The van der Waals surface area contributed by atoms with Crippen molar-refractivity contribution in [1.29, 1.82) is 0 Å². The lowest BCUT2D eigenvalue weighted by Gasteiger charge is -2.05. The monoisotopic (exact) mass is 295 g/mol. The number of carbonyl (C=O) groups excluding carboxylic acids is 1. The second kappa shape index (κ2) is 7.11. The minimum atomic E-state index is -0.142. The Kier molecular flexibility index (Phi) is 5.19. The normalized spacial score (nSPS) is 10.7. The average Bonchev–Trinajstić information content (AvgIpc) is 3.05. The molecule has 1 N–H and O–H groups in total. The van der Waals surface area contributed by atoms with Crippen LogP contribution >= 0.6 is 11.3 Å². The highest BCUT2D eigenvalue weighted by atomic mass is 32.1. The zero-order valence-electron chi connectivity index (χ0n) is 11.5. The van der Waals surface area contributed by atoms with E-state index in [1.54, 1.807) is 12.4 Å². The number of hydrogen-bond donors (Lipinski definition) is 1. The zero-order valence-corrected chi connectivity index (χ0v) is 12.3. The second-order valence-electron chi connectivity index (χ2n) is 4.01. The van der Waals surface area contributed by atoms with E-state index in [0.29, 0.717) is 18.3 Å². The van der Waals surface area contributed by atoms with Gasteiger partial charge in [0.05, 0.1) is 0 Å². The minimum absolute atomic E-state index is 0.142.